The Hall–Kier alpha value is -4.13. The maximum atomic E-state index is 12.4. The van der Waals surface area contributed by atoms with Gasteiger partial charge in [-0.2, -0.15) is 0 Å². The van der Waals surface area contributed by atoms with Crippen molar-refractivity contribution in [2.45, 2.75) is 26.4 Å². The van der Waals surface area contributed by atoms with E-state index in [1.165, 1.54) is 11.4 Å². The molecule has 0 radical (unpaired) electrons. The Balaban J connectivity index is 1.98. The number of amides is 3. The van der Waals surface area contributed by atoms with Gasteiger partial charge >= 0.3 is 12.1 Å². The second kappa shape index (κ2) is 10.5. The number of aromatic nitrogens is 3. The van der Waals surface area contributed by atoms with Crippen LogP contribution in [0.2, 0.25) is 0 Å². The monoisotopic (exact) mass is 474 g/mol. The van der Waals surface area contributed by atoms with Crippen LogP contribution < -0.4 is 16.0 Å². The molecule has 174 valence electrons. The highest BCUT2D eigenvalue weighted by atomic mass is 32.1. The molecular formula is C20H22N6O6S. The van der Waals surface area contributed by atoms with E-state index in [0.29, 0.717) is 10.7 Å². The van der Waals surface area contributed by atoms with Crippen molar-refractivity contribution in [3.05, 3.63) is 47.8 Å². The van der Waals surface area contributed by atoms with Gasteiger partial charge in [-0.05, 0) is 32.9 Å². The molecule has 0 saturated heterocycles. The van der Waals surface area contributed by atoms with Gasteiger partial charge in [0.1, 0.15) is 27.7 Å². The van der Waals surface area contributed by atoms with E-state index >= 15 is 0 Å². The molecule has 3 amide bonds. The number of carbonyl (C=O) groups is 4. The molecule has 0 aliphatic rings. The fourth-order valence-electron chi connectivity index (χ4n) is 2.06. The molecule has 0 bridgehead atoms. The first kappa shape index (κ1) is 25.1. The summed E-state index contributed by atoms with van der Waals surface area (Å²) < 4.78 is 9.55. The van der Waals surface area contributed by atoms with Crippen molar-refractivity contribution in [3.63, 3.8) is 0 Å². The summed E-state index contributed by atoms with van der Waals surface area (Å²) in [5, 5.41) is 16.6. The Kier molecular flexibility index (Phi) is 7.96. The van der Waals surface area contributed by atoms with Gasteiger partial charge in [0.2, 0.25) is 0 Å². The highest BCUT2D eigenvalue weighted by Gasteiger charge is 2.19. The van der Waals surface area contributed by atoms with Gasteiger partial charge in [0.05, 0.1) is 12.8 Å². The van der Waals surface area contributed by atoms with Crippen LogP contribution in [0.5, 0.6) is 0 Å². The topological polar surface area (TPSA) is 162 Å². The highest BCUT2D eigenvalue weighted by Crippen LogP contribution is 2.22. The molecule has 0 atom stereocenters. The molecule has 0 aliphatic heterocycles. The lowest BCUT2D eigenvalue weighted by molar-refractivity contribution is -0.137. The number of carbonyl (C=O) groups excluding carboxylic acids is 4. The zero-order valence-corrected chi connectivity index (χ0v) is 19.2. The quantitative estimate of drug-likeness (QED) is 0.402. The molecule has 3 N–H and O–H groups in total. The van der Waals surface area contributed by atoms with E-state index in [-0.39, 0.29) is 22.9 Å². The third kappa shape index (κ3) is 7.50. The number of ether oxygens (including phenoxy) is 2. The second-order valence-electron chi connectivity index (χ2n) is 7.33. The van der Waals surface area contributed by atoms with Crippen LogP contribution in [0.3, 0.4) is 0 Å². The predicted octanol–water partition coefficient (Wildman–Crippen LogP) is 1.99. The Morgan fingerprint density at radius 1 is 1.03 bits per heavy atom. The molecule has 0 unspecified atom stereocenters. The van der Waals surface area contributed by atoms with E-state index in [1.807, 2.05) is 0 Å². The lowest BCUT2D eigenvalue weighted by Crippen LogP contribution is -2.35. The fraction of sp³-hybridized carbons (Fsp3) is 0.250. The fourth-order valence-corrected chi connectivity index (χ4v) is 2.83. The predicted molar refractivity (Wildman–Crippen MR) is 119 cm³/mol. The lowest BCUT2D eigenvalue weighted by Gasteiger charge is -2.19. The zero-order chi connectivity index (χ0) is 24.8. The zero-order valence-electron chi connectivity index (χ0n) is 18.3. The summed E-state index contributed by atoms with van der Waals surface area (Å²) in [5.41, 5.74) is -0.918. The van der Waals surface area contributed by atoms with Crippen molar-refractivity contribution in [2.75, 3.05) is 12.4 Å². The van der Waals surface area contributed by atoms with E-state index in [4.69, 9.17) is 4.74 Å². The third-order valence-electron chi connectivity index (χ3n) is 3.48. The number of anilines is 1. The largest absolute Gasteiger partial charge is 0.464 e. The molecule has 2 aromatic rings. The standard InChI is InChI=1S/C20H22N6O6S/c1-10(15(27)22-11(2)18(29)31-6)21-16(28)13-9-33-17(23-13)12-7-8-14(26-25-12)24-19(30)32-20(3,4)5/h7-9H,1-2H2,3-6H3,(H,21,28)(H,22,27)(H,24,26,30). The smallest absolute Gasteiger partial charge is 0.413 e. The summed E-state index contributed by atoms with van der Waals surface area (Å²) in [6.07, 6.45) is -0.669. The van der Waals surface area contributed by atoms with Crippen molar-refractivity contribution in [3.8, 4) is 10.7 Å². The van der Waals surface area contributed by atoms with E-state index in [1.54, 1.807) is 26.8 Å². The second-order valence-corrected chi connectivity index (χ2v) is 8.18. The molecule has 0 aromatic carbocycles. The summed E-state index contributed by atoms with van der Waals surface area (Å²) in [6.45, 7) is 12.0. The summed E-state index contributed by atoms with van der Waals surface area (Å²) >= 11 is 1.12. The van der Waals surface area contributed by atoms with Gasteiger partial charge in [0.25, 0.3) is 11.8 Å². The molecule has 33 heavy (non-hydrogen) atoms. The minimum absolute atomic E-state index is 0.00787. The number of thiazole rings is 1. The summed E-state index contributed by atoms with van der Waals surface area (Å²) in [5.74, 6) is -2.19. The highest BCUT2D eigenvalue weighted by molar-refractivity contribution is 7.13. The molecule has 0 saturated carbocycles. The van der Waals surface area contributed by atoms with Gasteiger partial charge in [0, 0.05) is 5.38 Å². The summed E-state index contributed by atoms with van der Waals surface area (Å²) in [4.78, 5) is 51.6. The summed E-state index contributed by atoms with van der Waals surface area (Å²) in [7, 11) is 1.13. The van der Waals surface area contributed by atoms with Gasteiger partial charge < -0.3 is 20.1 Å². The van der Waals surface area contributed by atoms with Crippen molar-refractivity contribution < 1.29 is 28.7 Å². The first-order valence-electron chi connectivity index (χ1n) is 9.28. The van der Waals surface area contributed by atoms with Crippen LogP contribution in [0.1, 0.15) is 31.3 Å². The van der Waals surface area contributed by atoms with Crippen molar-refractivity contribution >= 4 is 41.0 Å². The first-order chi connectivity index (χ1) is 15.4. The third-order valence-corrected chi connectivity index (χ3v) is 4.35. The molecule has 0 spiro atoms. The van der Waals surface area contributed by atoms with Crippen LogP contribution in [-0.2, 0) is 19.1 Å². The Labute approximate surface area is 193 Å². The number of rotatable bonds is 7. The number of esters is 1. The van der Waals surface area contributed by atoms with E-state index < -0.39 is 29.5 Å². The van der Waals surface area contributed by atoms with Crippen LogP contribution in [-0.4, -0.2) is 51.8 Å². The molecule has 0 fully saturated rings. The first-order valence-corrected chi connectivity index (χ1v) is 10.2. The van der Waals surface area contributed by atoms with Crippen LogP contribution in [0, 0.1) is 0 Å². The van der Waals surface area contributed by atoms with E-state index in [9.17, 15) is 19.2 Å². The Morgan fingerprint density at radius 2 is 1.73 bits per heavy atom. The van der Waals surface area contributed by atoms with Crippen LogP contribution in [0.15, 0.2) is 42.1 Å². The van der Waals surface area contributed by atoms with Gasteiger partial charge in [-0.15, -0.1) is 21.5 Å². The van der Waals surface area contributed by atoms with Crippen LogP contribution >= 0.6 is 11.3 Å². The Bertz CT molecular complexity index is 1100. The molecule has 0 aliphatic carbocycles. The minimum atomic E-state index is -0.840. The van der Waals surface area contributed by atoms with Gasteiger partial charge in [-0.1, -0.05) is 13.2 Å². The van der Waals surface area contributed by atoms with Crippen molar-refractivity contribution in [1.82, 2.24) is 25.8 Å². The van der Waals surface area contributed by atoms with Crippen molar-refractivity contribution in [1.29, 1.82) is 0 Å². The molecule has 2 aromatic heterocycles. The average molecular weight is 474 g/mol. The van der Waals surface area contributed by atoms with Gasteiger partial charge in [-0.3, -0.25) is 14.9 Å². The van der Waals surface area contributed by atoms with Gasteiger partial charge in [0.15, 0.2) is 5.82 Å². The van der Waals surface area contributed by atoms with E-state index in [0.717, 1.165) is 18.4 Å². The van der Waals surface area contributed by atoms with Crippen molar-refractivity contribution in [2.24, 2.45) is 0 Å². The molecular weight excluding hydrogens is 452 g/mol. The molecule has 2 heterocycles. The normalized spacial score (nSPS) is 10.5. The maximum absolute atomic E-state index is 12.4. The minimum Gasteiger partial charge on any atom is -0.464 e. The van der Waals surface area contributed by atoms with Gasteiger partial charge in [-0.25, -0.2) is 14.6 Å². The lowest BCUT2D eigenvalue weighted by atomic mass is 10.2. The number of nitrogens with zero attached hydrogens (tertiary/aromatic N) is 3. The van der Waals surface area contributed by atoms with Crippen LogP contribution in [0.4, 0.5) is 10.6 Å². The SMILES string of the molecule is C=C(NC(=O)c1csc(-c2ccc(NC(=O)OC(C)(C)C)nn2)n1)C(=O)NC(=C)C(=O)OC. The Morgan fingerprint density at radius 3 is 2.30 bits per heavy atom. The molecule has 13 heteroatoms. The average Bonchev–Trinajstić information content (AvgIpc) is 3.22. The van der Waals surface area contributed by atoms with Crippen LogP contribution in [0.25, 0.3) is 10.7 Å². The number of nitrogens with one attached hydrogen (secondary N) is 3. The number of hydrogen-bond acceptors (Lipinski definition) is 10. The molecule has 2 rings (SSSR count). The summed E-state index contributed by atoms with van der Waals surface area (Å²) in [6, 6.07) is 3.07. The molecule has 12 nitrogen and oxygen atoms in total. The maximum Gasteiger partial charge on any atom is 0.413 e. The number of methoxy groups -OCH3 is 1. The number of hydrogen-bond donors (Lipinski definition) is 3. The van der Waals surface area contributed by atoms with E-state index in [2.05, 4.69) is 49.0 Å².